The molecule has 0 spiro atoms. The highest BCUT2D eigenvalue weighted by atomic mass is 19.1. The highest BCUT2D eigenvalue weighted by Gasteiger charge is 2.18. The van der Waals surface area contributed by atoms with Crippen molar-refractivity contribution in [3.63, 3.8) is 0 Å². The van der Waals surface area contributed by atoms with Crippen LogP contribution < -0.4 is 5.73 Å². The lowest BCUT2D eigenvalue weighted by Crippen LogP contribution is -2.17. The van der Waals surface area contributed by atoms with Crippen LogP contribution in [0.3, 0.4) is 0 Å². The Hall–Kier alpha value is -1.42. The minimum Gasteiger partial charge on any atom is -0.322 e. The molecule has 16 heavy (non-hydrogen) atoms. The Morgan fingerprint density at radius 3 is 2.69 bits per heavy atom. The molecule has 1 aromatic carbocycles. The molecule has 0 fully saturated rings. The first-order valence-electron chi connectivity index (χ1n) is 5.38. The van der Waals surface area contributed by atoms with Crippen LogP contribution in [0.25, 0.3) is 10.9 Å². The van der Waals surface area contributed by atoms with Crippen LogP contribution >= 0.6 is 0 Å². The summed E-state index contributed by atoms with van der Waals surface area (Å²) >= 11 is 0. The van der Waals surface area contributed by atoms with Gasteiger partial charge in [0.25, 0.3) is 0 Å². The number of rotatable bonds is 2. The zero-order valence-electron chi connectivity index (χ0n) is 9.74. The Morgan fingerprint density at radius 2 is 2.06 bits per heavy atom. The molecule has 3 nitrogen and oxygen atoms in total. The first-order chi connectivity index (χ1) is 7.50. The van der Waals surface area contributed by atoms with E-state index < -0.39 is 0 Å². The normalized spacial score (nSPS) is 13.6. The molecule has 0 aliphatic carbocycles. The molecule has 1 heterocycles. The lowest BCUT2D eigenvalue weighted by atomic mass is 9.99. The number of nitrogens with two attached hydrogens (primary N) is 1. The number of nitrogens with zero attached hydrogens (tertiary/aromatic N) is 2. The van der Waals surface area contributed by atoms with Gasteiger partial charge in [-0.2, -0.15) is 5.10 Å². The van der Waals surface area contributed by atoms with E-state index in [1.807, 2.05) is 20.9 Å². The summed E-state index contributed by atoms with van der Waals surface area (Å²) in [5.74, 6) is 0.0269. The van der Waals surface area contributed by atoms with Gasteiger partial charge in [-0.1, -0.05) is 13.8 Å². The van der Waals surface area contributed by atoms with E-state index >= 15 is 0 Å². The van der Waals surface area contributed by atoms with Crippen molar-refractivity contribution >= 4 is 10.9 Å². The summed E-state index contributed by atoms with van der Waals surface area (Å²) in [5, 5.41) is 5.19. The largest absolute Gasteiger partial charge is 0.322 e. The Balaban J connectivity index is 2.66. The van der Waals surface area contributed by atoms with Crippen LogP contribution in [0, 0.1) is 11.7 Å². The van der Waals surface area contributed by atoms with E-state index in [0.29, 0.717) is 0 Å². The third-order valence-electron chi connectivity index (χ3n) is 2.87. The van der Waals surface area contributed by atoms with Gasteiger partial charge in [-0.05, 0) is 24.1 Å². The second kappa shape index (κ2) is 3.87. The van der Waals surface area contributed by atoms with Crippen LogP contribution in [0.5, 0.6) is 0 Å². The maximum absolute atomic E-state index is 13.2. The van der Waals surface area contributed by atoms with Crippen LogP contribution in [-0.4, -0.2) is 9.78 Å². The molecule has 0 saturated heterocycles. The van der Waals surface area contributed by atoms with Crippen LogP contribution in [0.1, 0.15) is 25.6 Å². The first kappa shape index (κ1) is 11.1. The van der Waals surface area contributed by atoms with Crippen molar-refractivity contribution in [1.82, 2.24) is 9.78 Å². The highest BCUT2D eigenvalue weighted by Crippen LogP contribution is 2.26. The number of benzene rings is 1. The number of hydrogen-bond donors (Lipinski definition) is 1. The minimum absolute atomic E-state index is 0.162. The Labute approximate surface area is 94.1 Å². The predicted molar refractivity (Wildman–Crippen MR) is 62.4 cm³/mol. The molecular weight excluding hydrogens is 205 g/mol. The number of aromatic nitrogens is 2. The van der Waals surface area contributed by atoms with Crippen molar-refractivity contribution in [3.05, 3.63) is 29.7 Å². The molecule has 2 aromatic rings. The SMILES string of the molecule is CC(C)C(N)c1nn(C)c2ccc(F)cc12. The van der Waals surface area contributed by atoms with E-state index in [4.69, 9.17) is 5.73 Å². The molecule has 0 aliphatic rings. The maximum Gasteiger partial charge on any atom is 0.124 e. The molecule has 0 aliphatic heterocycles. The fourth-order valence-corrected chi connectivity index (χ4v) is 1.83. The smallest absolute Gasteiger partial charge is 0.124 e. The van der Waals surface area contributed by atoms with E-state index in [1.54, 1.807) is 10.7 Å². The first-order valence-corrected chi connectivity index (χ1v) is 5.38. The monoisotopic (exact) mass is 221 g/mol. The molecule has 0 radical (unpaired) electrons. The van der Waals surface area contributed by atoms with Gasteiger partial charge >= 0.3 is 0 Å². The van der Waals surface area contributed by atoms with E-state index in [1.165, 1.54) is 12.1 Å². The lowest BCUT2D eigenvalue weighted by Gasteiger charge is -2.12. The van der Waals surface area contributed by atoms with Gasteiger partial charge in [0.05, 0.1) is 17.3 Å². The number of aryl methyl sites for hydroxylation is 1. The summed E-state index contributed by atoms with van der Waals surface area (Å²) < 4.78 is 15.0. The number of fused-ring (bicyclic) bond motifs is 1. The van der Waals surface area contributed by atoms with Crippen molar-refractivity contribution in [2.75, 3.05) is 0 Å². The summed E-state index contributed by atoms with van der Waals surface area (Å²) in [6.07, 6.45) is 0. The zero-order valence-corrected chi connectivity index (χ0v) is 9.74. The van der Waals surface area contributed by atoms with Gasteiger partial charge in [-0.25, -0.2) is 4.39 Å². The maximum atomic E-state index is 13.2. The van der Waals surface area contributed by atoms with Gasteiger partial charge in [0.1, 0.15) is 5.82 Å². The molecule has 2 N–H and O–H groups in total. The number of hydrogen-bond acceptors (Lipinski definition) is 2. The van der Waals surface area contributed by atoms with Crippen molar-refractivity contribution < 1.29 is 4.39 Å². The quantitative estimate of drug-likeness (QED) is 0.846. The Kier molecular flexibility index (Phi) is 2.68. The van der Waals surface area contributed by atoms with Crippen molar-refractivity contribution in [2.24, 2.45) is 18.7 Å². The molecule has 0 amide bonds. The van der Waals surface area contributed by atoms with Gasteiger partial charge < -0.3 is 5.73 Å². The Morgan fingerprint density at radius 1 is 1.38 bits per heavy atom. The van der Waals surface area contributed by atoms with E-state index in [9.17, 15) is 4.39 Å². The summed E-state index contributed by atoms with van der Waals surface area (Å²) in [5.41, 5.74) is 7.75. The topological polar surface area (TPSA) is 43.8 Å². The molecule has 1 atom stereocenters. The fraction of sp³-hybridized carbons (Fsp3) is 0.417. The van der Waals surface area contributed by atoms with Gasteiger partial charge in [-0.3, -0.25) is 4.68 Å². The second-order valence-electron chi connectivity index (χ2n) is 4.44. The standard InChI is InChI=1S/C12H16FN3/c1-7(2)11(14)12-9-6-8(13)4-5-10(9)16(3)15-12/h4-7,11H,14H2,1-3H3. The van der Waals surface area contributed by atoms with Gasteiger partial charge in [0.15, 0.2) is 0 Å². The van der Waals surface area contributed by atoms with Gasteiger partial charge in [0, 0.05) is 12.4 Å². The van der Waals surface area contributed by atoms with Gasteiger partial charge in [0.2, 0.25) is 0 Å². The van der Waals surface area contributed by atoms with Crippen molar-refractivity contribution in [1.29, 1.82) is 0 Å². The summed E-state index contributed by atoms with van der Waals surface area (Å²) in [4.78, 5) is 0. The van der Waals surface area contributed by atoms with E-state index in [-0.39, 0.29) is 17.8 Å². The third kappa shape index (κ3) is 1.69. The fourth-order valence-electron chi connectivity index (χ4n) is 1.83. The van der Waals surface area contributed by atoms with E-state index in [0.717, 1.165) is 16.6 Å². The van der Waals surface area contributed by atoms with Gasteiger partial charge in [-0.15, -0.1) is 0 Å². The average Bonchev–Trinajstić information content (AvgIpc) is 2.54. The molecule has 1 unspecified atom stereocenters. The average molecular weight is 221 g/mol. The molecule has 0 saturated carbocycles. The lowest BCUT2D eigenvalue weighted by molar-refractivity contribution is 0.499. The van der Waals surface area contributed by atoms with Crippen LogP contribution in [0.15, 0.2) is 18.2 Å². The summed E-state index contributed by atoms with van der Waals surface area (Å²) in [6, 6.07) is 4.51. The van der Waals surface area contributed by atoms with Crippen LogP contribution in [0.2, 0.25) is 0 Å². The Bertz CT molecular complexity index is 516. The molecule has 1 aromatic heterocycles. The van der Waals surface area contributed by atoms with Crippen molar-refractivity contribution in [3.8, 4) is 0 Å². The molecule has 86 valence electrons. The van der Waals surface area contributed by atoms with Crippen LogP contribution in [0.4, 0.5) is 4.39 Å². The third-order valence-corrected chi connectivity index (χ3v) is 2.87. The molecule has 0 bridgehead atoms. The summed E-state index contributed by atoms with van der Waals surface area (Å²) in [6.45, 7) is 4.06. The van der Waals surface area contributed by atoms with Crippen molar-refractivity contribution in [2.45, 2.75) is 19.9 Å². The highest BCUT2D eigenvalue weighted by molar-refractivity contribution is 5.82. The minimum atomic E-state index is -0.252. The van der Waals surface area contributed by atoms with Crippen LogP contribution in [-0.2, 0) is 7.05 Å². The zero-order chi connectivity index (χ0) is 11.9. The van der Waals surface area contributed by atoms with E-state index in [2.05, 4.69) is 5.10 Å². The molecule has 2 rings (SSSR count). The molecular formula is C12H16FN3. The predicted octanol–water partition coefficient (Wildman–Crippen LogP) is 2.37. The summed E-state index contributed by atoms with van der Waals surface area (Å²) in [7, 11) is 1.84. The molecule has 4 heteroatoms. The second-order valence-corrected chi connectivity index (χ2v) is 4.44. The number of halogens is 1.